The Hall–Kier alpha value is -3.65. The molecule has 1 saturated heterocycles. The van der Waals surface area contributed by atoms with Crippen LogP contribution in [0.2, 0.25) is 0 Å². The fraction of sp³-hybridized carbons (Fsp3) is 0.292. The van der Waals surface area contributed by atoms with E-state index in [0.29, 0.717) is 18.7 Å². The lowest BCUT2D eigenvalue weighted by Gasteiger charge is -2.46. The molecule has 3 heterocycles. The second-order valence-corrected chi connectivity index (χ2v) is 8.00. The second-order valence-electron chi connectivity index (χ2n) is 8.00. The molecule has 2 amide bonds. The molecule has 0 saturated carbocycles. The smallest absolute Gasteiger partial charge is 0.268 e. The maximum Gasteiger partial charge on any atom is 0.268 e. The van der Waals surface area contributed by atoms with Gasteiger partial charge in [0.25, 0.3) is 5.91 Å². The minimum atomic E-state index is -0.990. The number of hydrogen-bond donors (Lipinski definition) is 3. The molecule has 0 radical (unpaired) electrons. The molecule has 0 unspecified atom stereocenters. The third-order valence-electron chi connectivity index (χ3n) is 6.00. The zero-order chi connectivity index (χ0) is 22.6. The van der Waals surface area contributed by atoms with Gasteiger partial charge in [0.15, 0.2) is 0 Å². The van der Waals surface area contributed by atoms with Gasteiger partial charge in [-0.1, -0.05) is 30.3 Å². The SMILES string of the molecule is Cn1cccc1C(=O)N[C@]1(c2ccccc2)CCN(C(=O)CNc2cccnc2)C[C@H]1O. The molecular formula is C24H27N5O3. The van der Waals surface area contributed by atoms with E-state index < -0.39 is 11.6 Å². The van der Waals surface area contributed by atoms with E-state index in [9.17, 15) is 14.7 Å². The Morgan fingerprint density at radius 2 is 1.97 bits per heavy atom. The number of aliphatic hydroxyl groups is 1. The Balaban J connectivity index is 1.50. The summed E-state index contributed by atoms with van der Waals surface area (Å²) in [5.41, 5.74) is 1.09. The molecule has 2 aromatic heterocycles. The molecule has 1 aliphatic rings. The Morgan fingerprint density at radius 1 is 1.16 bits per heavy atom. The lowest BCUT2D eigenvalue weighted by atomic mass is 9.78. The van der Waals surface area contributed by atoms with E-state index >= 15 is 0 Å². The number of pyridine rings is 1. The normalized spacial score (nSPS) is 20.6. The second kappa shape index (κ2) is 9.23. The van der Waals surface area contributed by atoms with Crippen molar-refractivity contribution >= 4 is 17.5 Å². The van der Waals surface area contributed by atoms with Crippen molar-refractivity contribution < 1.29 is 14.7 Å². The number of likely N-dealkylation sites (tertiary alicyclic amines) is 1. The Morgan fingerprint density at radius 3 is 2.62 bits per heavy atom. The number of benzene rings is 1. The standard InChI is InChI=1S/C24H27N5O3/c1-28-13-6-10-20(28)23(32)27-24(18-7-3-2-4-8-18)11-14-29(17-21(24)30)22(31)16-26-19-9-5-12-25-15-19/h2-10,12-13,15,21,26,30H,11,14,16-17H2,1H3,(H,27,32)/t21-,24+/m1/s1. The molecule has 1 fully saturated rings. The predicted molar refractivity (Wildman–Crippen MR) is 121 cm³/mol. The molecule has 4 rings (SSSR count). The number of β-amino-alcohol motifs (C(OH)–C–C–N with tert-alkyl or cyclic N) is 1. The number of nitrogens with one attached hydrogen (secondary N) is 2. The monoisotopic (exact) mass is 433 g/mol. The largest absolute Gasteiger partial charge is 0.388 e. The Kier molecular flexibility index (Phi) is 6.23. The van der Waals surface area contributed by atoms with Crippen LogP contribution < -0.4 is 10.6 Å². The van der Waals surface area contributed by atoms with Gasteiger partial charge in [-0.2, -0.15) is 0 Å². The average molecular weight is 434 g/mol. The number of rotatable bonds is 6. The number of aryl methyl sites for hydroxylation is 1. The van der Waals surface area contributed by atoms with Crippen molar-refractivity contribution in [2.24, 2.45) is 7.05 Å². The number of carbonyl (C=O) groups is 2. The summed E-state index contributed by atoms with van der Waals surface area (Å²) in [6.45, 7) is 0.634. The molecule has 3 aromatic rings. The maximum absolute atomic E-state index is 13.1. The van der Waals surface area contributed by atoms with E-state index in [0.717, 1.165) is 11.3 Å². The number of amides is 2. The van der Waals surface area contributed by atoms with Crippen LogP contribution in [-0.2, 0) is 17.4 Å². The van der Waals surface area contributed by atoms with Gasteiger partial charge in [-0.25, -0.2) is 0 Å². The number of aromatic nitrogens is 2. The summed E-state index contributed by atoms with van der Waals surface area (Å²) in [6.07, 6.45) is 4.55. The van der Waals surface area contributed by atoms with E-state index in [1.54, 1.807) is 53.3 Å². The summed E-state index contributed by atoms with van der Waals surface area (Å²) in [6, 6.07) is 16.6. The number of anilines is 1. The van der Waals surface area contributed by atoms with Crippen molar-refractivity contribution in [3.05, 3.63) is 84.4 Å². The number of carbonyl (C=O) groups excluding carboxylic acids is 2. The minimum Gasteiger partial charge on any atom is -0.388 e. The van der Waals surface area contributed by atoms with E-state index in [1.165, 1.54) is 0 Å². The van der Waals surface area contributed by atoms with E-state index in [2.05, 4.69) is 15.6 Å². The van der Waals surface area contributed by atoms with Crippen molar-refractivity contribution in [1.82, 2.24) is 19.8 Å². The highest BCUT2D eigenvalue weighted by molar-refractivity contribution is 5.93. The number of piperidine rings is 1. The van der Waals surface area contributed by atoms with Crippen LogP contribution in [0.5, 0.6) is 0 Å². The van der Waals surface area contributed by atoms with E-state index in [4.69, 9.17) is 0 Å². The summed E-state index contributed by atoms with van der Waals surface area (Å²) in [5.74, 6) is -0.387. The van der Waals surface area contributed by atoms with Gasteiger partial charge in [0.2, 0.25) is 5.91 Å². The molecule has 32 heavy (non-hydrogen) atoms. The zero-order valence-electron chi connectivity index (χ0n) is 17.9. The highest BCUT2D eigenvalue weighted by Gasteiger charge is 2.46. The molecule has 0 spiro atoms. The van der Waals surface area contributed by atoms with Crippen LogP contribution in [0.3, 0.4) is 0 Å². The van der Waals surface area contributed by atoms with Gasteiger partial charge < -0.3 is 25.2 Å². The molecule has 1 aliphatic heterocycles. The minimum absolute atomic E-state index is 0.104. The molecule has 3 N–H and O–H groups in total. The van der Waals surface area contributed by atoms with Crippen LogP contribution >= 0.6 is 0 Å². The van der Waals surface area contributed by atoms with Gasteiger partial charge in [0.1, 0.15) is 5.69 Å². The molecule has 166 valence electrons. The van der Waals surface area contributed by atoms with Gasteiger partial charge in [0, 0.05) is 38.7 Å². The van der Waals surface area contributed by atoms with Crippen LogP contribution in [0.15, 0.2) is 73.2 Å². The average Bonchev–Trinajstić information content (AvgIpc) is 3.26. The van der Waals surface area contributed by atoms with Crippen LogP contribution in [0, 0.1) is 0 Å². The summed E-state index contributed by atoms with van der Waals surface area (Å²) in [4.78, 5) is 31.5. The Bertz CT molecular complexity index is 1070. The lowest BCUT2D eigenvalue weighted by molar-refractivity contribution is -0.135. The van der Waals surface area contributed by atoms with E-state index in [1.807, 2.05) is 36.4 Å². The summed E-state index contributed by atoms with van der Waals surface area (Å²) < 4.78 is 1.74. The molecule has 0 aliphatic carbocycles. The fourth-order valence-electron chi connectivity index (χ4n) is 4.17. The van der Waals surface area contributed by atoms with Gasteiger partial charge in [-0.15, -0.1) is 0 Å². The highest BCUT2D eigenvalue weighted by Crippen LogP contribution is 2.34. The quantitative estimate of drug-likeness (QED) is 0.550. The lowest BCUT2D eigenvalue weighted by Crippen LogP contribution is -2.63. The third kappa shape index (κ3) is 4.36. The van der Waals surface area contributed by atoms with Crippen molar-refractivity contribution in [2.45, 2.75) is 18.1 Å². The number of hydrogen-bond acceptors (Lipinski definition) is 5. The van der Waals surface area contributed by atoms with Crippen molar-refractivity contribution in [2.75, 3.05) is 25.0 Å². The van der Waals surface area contributed by atoms with Crippen LogP contribution in [-0.4, -0.2) is 57.1 Å². The van der Waals surface area contributed by atoms with Crippen LogP contribution in [0.4, 0.5) is 5.69 Å². The summed E-state index contributed by atoms with van der Waals surface area (Å²) >= 11 is 0. The third-order valence-corrected chi connectivity index (χ3v) is 6.00. The zero-order valence-corrected chi connectivity index (χ0v) is 17.9. The van der Waals surface area contributed by atoms with Gasteiger partial charge in [-0.05, 0) is 36.2 Å². The summed E-state index contributed by atoms with van der Waals surface area (Å²) in [5, 5.41) is 17.4. The first-order valence-corrected chi connectivity index (χ1v) is 10.6. The van der Waals surface area contributed by atoms with Crippen LogP contribution in [0.1, 0.15) is 22.5 Å². The molecule has 2 atom stereocenters. The molecule has 8 nitrogen and oxygen atoms in total. The molecule has 8 heteroatoms. The molecule has 1 aromatic carbocycles. The maximum atomic E-state index is 13.1. The Labute approximate surface area is 186 Å². The van der Waals surface area contributed by atoms with E-state index in [-0.39, 0.29) is 24.9 Å². The van der Waals surface area contributed by atoms with Crippen molar-refractivity contribution in [3.63, 3.8) is 0 Å². The van der Waals surface area contributed by atoms with Crippen LogP contribution in [0.25, 0.3) is 0 Å². The van der Waals surface area contributed by atoms with Gasteiger partial charge >= 0.3 is 0 Å². The first-order chi connectivity index (χ1) is 15.5. The highest BCUT2D eigenvalue weighted by atomic mass is 16.3. The van der Waals surface area contributed by atoms with Gasteiger partial charge in [-0.3, -0.25) is 14.6 Å². The first kappa shape index (κ1) is 21.6. The van der Waals surface area contributed by atoms with Crippen molar-refractivity contribution in [1.29, 1.82) is 0 Å². The number of aliphatic hydroxyl groups excluding tert-OH is 1. The number of nitrogens with zero attached hydrogens (tertiary/aromatic N) is 3. The summed E-state index contributed by atoms with van der Waals surface area (Å²) in [7, 11) is 1.80. The van der Waals surface area contributed by atoms with Crippen molar-refractivity contribution in [3.8, 4) is 0 Å². The molecular weight excluding hydrogens is 406 g/mol. The van der Waals surface area contributed by atoms with Gasteiger partial charge in [0.05, 0.1) is 23.9 Å². The topological polar surface area (TPSA) is 99.5 Å². The molecule has 0 bridgehead atoms. The first-order valence-electron chi connectivity index (χ1n) is 10.6. The fourth-order valence-corrected chi connectivity index (χ4v) is 4.17. The predicted octanol–water partition coefficient (Wildman–Crippen LogP) is 1.75.